The summed E-state index contributed by atoms with van der Waals surface area (Å²) in [5, 5.41) is 5.83. The number of ether oxygens (including phenoxy) is 1. The van der Waals surface area contributed by atoms with Gasteiger partial charge in [-0.2, -0.15) is 9.49 Å². The van der Waals surface area contributed by atoms with Crippen LogP contribution in [0.15, 0.2) is 11.6 Å². The summed E-state index contributed by atoms with van der Waals surface area (Å²) in [6.45, 7) is 7.41. The molecule has 2 N–H and O–H groups in total. The van der Waals surface area contributed by atoms with Gasteiger partial charge in [0.2, 0.25) is 5.95 Å². The SMILES string of the molecule is C[Si](C)(C)CCOCn1ncc(-c2nc(C(N)=O)cs2)c1F. The Morgan fingerprint density at radius 1 is 1.50 bits per heavy atom. The van der Waals surface area contributed by atoms with E-state index in [-0.39, 0.29) is 18.0 Å². The van der Waals surface area contributed by atoms with Gasteiger partial charge in [-0.25, -0.2) is 9.67 Å². The van der Waals surface area contributed by atoms with E-state index >= 15 is 0 Å². The van der Waals surface area contributed by atoms with E-state index in [4.69, 9.17) is 10.5 Å². The monoisotopic (exact) mass is 342 g/mol. The first-order valence-electron chi connectivity index (χ1n) is 6.83. The minimum Gasteiger partial charge on any atom is -0.364 e. The third kappa shape index (κ3) is 4.21. The van der Waals surface area contributed by atoms with Gasteiger partial charge in [-0.3, -0.25) is 4.79 Å². The van der Waals surface area contributed by atoms with E-state index in [0.29, 0.717) is 11.6 Å². The minimum absolute atomic E-state index is 0.0599. The summed E-state index contributed by atoms with van der Waals surface area (Å²) in [5.41, 5.74) is 5.50. The van der Waals surface area contributed by atoms with Crippen molar-refractivity contribution in [3.63, 3.8) is 0 Å². The summed E-state index contributed by atoms with van der Waals surface area (Å²) in [4.78, 5) is 15.0. The summed E-state index contributed by atoms with van der Waals surface area (Å²) < 4.78 is 20.9. The molecule has 0 aliphatic carbocycles. The molecule has 0 fully saturated rings. The molecule has 22 heavy (non-hydrogen) atoms. The summed E-state index contributed by atoms with van der Waals surface area (Å²) in [6.07, 6.45) is 1.38. The molecule has 0 radical (unpaired) electrons. The maximum absolute atomic E-state index is 14.3. The number of amides is 1. The lowest BCUT2D eigenvalue weighted by atomic mass is 10.3. The number of nitrogens with zero attached hydrogens (tertiary/aromatic N) is 3. The zero-order chi connectivity index (χ0) is 16.3. The second-order valence-electron chi connectivity index (χ2n) is 6.10. The molecule has 0 unspecified atom stereocenters. The first-order chi connectivity index (χ1) is 10.3. The largest absolute Gasteiger partial charge is 0.364 e. The smallest absolute Gasteiger partial charge is 0.268 e. The van der Waals surface area contributed by atoms with Crippen LogP contribution in [0.1, 0.15) is 10.5 Å². The van der Waals surface area contributed by atoms with Crippen molar-refractivity contribution < 1.29 is 13.9 Å². The van der Waals surface area contributed by atoms with Crippen molar-refractivity contribution in [2.24, 2.45) is 5.73 Å². The van der Waals surface area contributed by atoms with Crippen LogP contribution >= 0.6 is 11.3 Å². The van der Waals surface area contributed by atoms with Crippen LogP contribution in [-0.2, 0) is 11.5 Å². The van der Waals surface area contributed by atoms with Crippen LogP contribution in [0, 0.1) is 5.95 Å². The highest BCUT2D eigenvalue weighted by Crippen LogP contribution is 2.26. The standard InChI is InChI=1S/C13H19FN4O2SSi/c1-22(2,3)5-4-20-8-18-11(14)9(6-16-18)13-17-10(7-21-13)12(15)19/h6-7H,4-5,8H2,1-3H3,(H2,15,19). The number of carbonyl (C=O) groups excluding carboxylic acids is 1. The Labute approximate surface area is 133 Å². The van der Waals surface area contributed by atoms with Crippen molar-refractivity contribution in [3.8, 4) is 10.6 Å². The Bertz CT molecular complexity index is 665. The first-order valence-corrected chi connectivity index (χ1v) is 11.4. The van der Waals surface area contributed by atoms with Gasteiger partial charge in [0, 0.05) is 20.1 Å². The lowest BCUT2D eigenvalue weighted by Crippen LogP contribution is -2.22. The molecule has 2 aromatic heterocycles. The molecule has 2 heterocycles. The second-order valence-corrected chi connectivity index (χ2v) is 12.6. The first kappa shape index (κ1) is 16.8. The van der Waals surface area contributed by atoms with Gasteiger partial charge in [0.1, 0.15) is 17.4 Å². The van der Waals surface area contributed by atoms with E-state index in [1.165, 1.54) is 11.6 Å². The maximum Gasteiger partial charge on any atom is 0.268 e. The van der Waals surface area contributed by atoms with Crippen molar-refractivity contribution in [1.29, 1.82) is 0 Å². The fourth-order valence-corrected chi connectivity index (χ4v) is 3.21. The molecule has 2 aromatic rings. The van der Waals surface area contributed by atoms with Crippen LogP contribution in [0.5, 0.6) is 0 Å². The predicted octanol–water partition coefficient (Wildman–Crippen LogP) is 2.56. The fourth-order valence-electron chi connectivity index (χ4n) is 1.64. The molecule has 2 rings (SSSR count). The van der Waals surface area contributed by atoms with Crippen molar-refractivity contribution in [2.75, 3.05) is 6.61 Å². The summed E-state index contributed by atoms with van der Waals surface area (Å²) in [5.74, 6) is -1.16. The highest BCUT2D eigenvalue weighted by Gasteiger charge is 2.17. The highest BCUT2D eigenvalue weighted by atomic mass is 32.1. The lowest BCUT2D eigenvalue weighted by Gasteiger charge is -2.15. The van der Waals surface area contributed by atoms with E-state index in [1.54, 1.807) is 0 Å². The van der Waals surface area contributed by atoms with Gasteiger partial charge in [-0.05, 0) is 6.04 Å². The number of rotatable bonds is 7. The third-order valence-corrected chi connectivity index (χ3v) is 5.55. The zero-order valence-corrected chi connectivity index (χ0v) is 14.6. The average molecular weight is 342 g/mol. The third-order valence-electron chi connectivity index (χ3n) is 2.97. The molecule has 0 atom stereocenters. The minimum atomic E-state index is -1.16. The molecule has 120 valence electrons. The summed E-state index contributed by atoms with van der Waals surface area (Å²) in [7, 11) is -1.16. The summed E-state index contributed by atoms with van der Waals surface area (Å²) >= 11 is 1.15. The van der Waals surface area contributed by atoms with E-state index in [2.05, 4.69) is 29.7 Å². The molecule has 9 heteroatoms. The molecule has 1 amide bonds. The normalized spacial score (nSPS) is 11.8. The van der Waals surface area contributed by atoms with Crippen LogP contribution in [0.3, 0.4) is 0 Å². The molecule has 0 spiro atoms. The van der Waals surface area contributed by atoms with Gasteiger partial charge in [0.25, 0.3) is 5.91 Å². The van der Waals surface area contributed by atoms with Gasteiger partial charge in [-0.1, -0.05) is 19.6 Å². The van der Waals surface area contributed by atoms with Crippen molar-refractivity contribution in [2.45, 2.75) is 32.4 Å². The molecule has 0 bridgehead atoms. The number of primary amides is 1. The Kier molecular flexibility index (Phi) is 5.09. The number of nitrogens with two attached hydrogens (primary N) is 1. The van der Waals surface area contributed by atoms with Crippen LogP contribution in [0.4, 0.5) is 4.39 Å². The van der Waals surface area contributed by atoms with Crippen molar-refractivity contribution >= 4 is 25.3 Å². The fraction of sp³-hybridized carbons (Fsp3) is 0.462. The number of hydrogen-bond acceptors (Lipinski definition) is 5. The van der Waals surface area contributed by atoms with Crippen LogP contribution in [-0.4, -0.2) is 35.4 Å². The number of thiazole rings is 1. The average Bonchev–Trinajstić information content (AvgIpc) is 3.01. The molecular weight excluding hydrogens is 323 g/mol. The Morgan fingerprint density at radius 3 is 2.82 bits per heavy atom. The van der Waals surface area contributed by atoms with Gasteiger partial charge >= 0.3 is 0 Å². The molecule has 0 aromatic carbocycles. The summed E-state index contributed by atoms with van der Waals surface area (Å²) in [6, 6.07) is 1.01. The molecular formula is C13H19FN4O2SSi. The van der Waals surface area contributed by atoms with Crippen LogP contribution in [0.2, 0.25) is 25.7 Å². The van der Waals surface area contributed by atoms with Crippen molar-refractivity contribution in [1.82, 2.24) is 14.8 Å². The van der Waals surface area contributed by atoms with Gasteiger partial charge < -0.3 is 10.5 Å². The van der Waals surface area contributed by atoms with Crippen LogP contribution in [0.25, 0.3) is 10.6 Å². The zero-order valence-electron chi connectivity index (χ0n) is 12.8. The van der Waals surface area contributed by atoms with Crippen molar-refractivity contribution in [3.05, 3.63) is 23.2 Å². The number of hydrogen-bond donors (Lipinski definition) is 1. The van der Waals surface area contributed by atoms with Crippen LogP contribution < -0.4 is 5.73 Å². The number of aromatic nitrogens is 3. The Balaban J connectivity index is 2.01. The van der Waals surface area contributed by atoms with Gasteiger partial charge in [0.05, 0.1) is 11.8 Å². The Hall–Kier alpha value is -1.58. The predicted molar refractivity (Wildman–Crippen MR) is 85.9 cm³/mol. The van der Waals surface area contributed by atoms with E-state index < -0.39 is 19.9 Å². The number of halogens is 1. The van der Waals surface area contributed by atoms with Gasteiger partial charge in [-0.15, -0.1) is 11.3 Å². The molecule has 0 aliphatic rings. The Morgan fingerprint density at radius 2 is 2.23 bits per heavy atom. The lowest BCUT2D eigenvalue weighted by molar-refractivity contribution is 0.0700. The highest BCUT2D eigenvalue weighted by molar-refractivity contribution is 7.13. The number of carbonyl (C=O) groups is 1. The van der Waals surface area contributed by atoms with Gasteiger partial charge in [0.15, 0.2) is 0 Å². The second kappa shape index (κ2) is 6.67. The molecule has 0 aliphatic heterocycles. The maximum atomic E-state index is 14.3. The van der Waals surface area contributed by atoms with E-state index in [0.717, 1.165) is 22.1 Å². The molecule has 0 saturated heterocycles. The van der Waals surface area contributed by atoms with E-state index in [9.17, 15) is 9.18 Å². The quantitative estimate of drug-likeness (QED) is 0.619. The molecule has 6 nitrogen and oxygen atoms in total. The topological polar surface area (TPSA) is 83.0 Å². The molecule has 0 saturated carbocycles. The van der Waals surface area contributed by atoms with E-state index in [1.807, 2.05) is 0 Å².